The number of hydrogen-bond acceptors (Lipinski definition) is 2. The summed E-state index contributed by atoms with van der Waals surface area (Å²) in [5, 5.41) is 3.70. The minimum absolute atomic E-state index is 0.00243. The van der Waals surface area contributed by atoms with Crippen LogP contribution in [0.5, 0.6) is 0 Å². The lowest BCUT2D eigenvalue weighted by Gasteiger charge is -2.26. The van der Waals surface area contributed by atoms with Crippen LogP contribution in [0.25, 0.3) is 0 Å². The van der Waals surface area contributed by atoms with Crippen molar-refractivity contribution in [1.29, 1.82) is 0 Å². The van der Waals surface area contributed by atoms with Crippen molar-refractivity contribution in [2.75, 3.05) is 19.6 Å². The summed E-state index contributed by atoms with van der Waals surface area (Å²) in [7, 11) is 0. The highest BCUT2D eigenvalue weighted by Crippen LogP contribution is 2.23. The highest BCUT2D eigenvalue weighted by Gasteiger charge is 2.21. The van der Waals surface area contributed by atoms with Crippen molar-refractivity contribution in [2.45, 2.75) is 65.2 Å². The van der Waals surface area contributed by atoms with E-state index in [4.69, 9.17) is 11.6 Å². The highest BCUT2D eigenvalue weighted by atomic mass is 35.5. The van der Waals surface area contributed by atoms with Gasteiger partial charge in [0.1, 0.15) is 0 Å². The molecule has 5 heteroatoms. The third-order valence-electron chi connectivity index (χ3n) is 4.49. The van der Waals surface area contributed by atoms with Crippen molar-refractivity contribution in [3.05, 3.63) is 34.9 Å². The van der Waals surface area contributed by atoms with Gasteiger partial charge in [0.25, 0.3) is 0 Å². The summed E-state index contributed by atoms with van der Waals surface area (Å²) in [6, 6.07) is 7.71. The Kier molecular flexibility index (Phi) is 9.71. The molecular weight excluding hydrogens is 348 g/mol. The van der Waals surface area contributed by atoms with E-state index in [0.717, 1.165) is 31.5 Å². The van der Waals surface area contributed by atoms with E-state index in [9.17, 15) is 9.59 Å². The first kappa shape index (κ1) is 22.5. The Morgan fingerprint density at radius 2 is 1.62 bits per heavy atom. The van der Waals surface area contributed by atoms with E-state index >= 15 is 0 Å². The Balaban J connectivity index is 2.37. The van der Waals surface area contributed by atoms with E-state index in [1.54, 1.807) is 0 Å². The van der Waals surface area contributed by atoms with Gasteiger partial charge in [-0.1, -0.05) is 51.4 Å². The number of benzene rings is 1. The fraction of sp³-hybridized carbons (Fsp3) is 0.619. The molecule has 0 saturated heterocycles. The maximum Gasteiger partial charge on any atom is 0.222 e. The lowest BCUT2D eigenvalue weighted by Crippen LogP contribution is -2.37. The molecule has 1 N–H and O–H groups in total. The molecule has 146 valence electrons. The molecule has 1 aromatic rings. The van der Waals surface area contributed by atoms with Crippen LogP contribution < -0.4 is 5.32 Å². The molecule has 26 heavy (non-hydrogen) atoms. The number of carbonyl (C=O) groups excluding carboxylic acids is 2. The van der Waals surface area contributed by atoms with Crippen molar-refractivity contribution in [1.82, 2.24) is 10.2 Å². The summed E-state index contributed by atoms with van der Waals surface area (Å²) in [5.41, 5.74) is 0.960. The van der Waals surface area contributed by atoms with Gasteiger partial charge in [0, 0.05) is 42.9 Å². The van der Waals surface area contributed by atoms with Crippen LogP contribution in [-0.2, 0) is 15.0 Å². The fourth-order valence-corrected chi connectivity index (χ4v) is 3.00. The first-order valence-electron chi connectivity index (χ1n) is 9.60. The molecule has 0 aliphatic heterocycles. The van der Waals surface area contributed by atoms with Crippen LogP contribution in [0.4, 0.5) is 0 Å². The minimum Gasteiger partial charge on any atom is -0.355 e. The Hall–Kier alpha value is -1.55. The number of carbonyl (C=O) groups is 2. The lowest BCUT2D eigenvalue weighted by molar-refractivity contribution is -0.131. The van der Waals surface area contributed by atoms with Crippen molar-refractivity contribution in [3.63, 3.8) is 0 Å². The van der Waals surface area contributed by atoms with Gasteiger partial charge in [-0.25, -0.2) is 0 Å². The summed E-state index contributed by atoms with van der Waals surface area (Å²) in [4.78, 5) is 26.2. The summed E-state index contributed by atoms with van der Waals surface area (Å²) in [5.74, 6) is 0.153. The number of nitrogens with zero attached hydrogens (tertiary/aromatic N) is 1. The quantitative estimate of drug-likeness (QED) is 0.612. The van der Waals surface area contributed by atoms with Gasteiger partial charge >= 0.3 is 0 Å². The van der Waals surface area contributed by atoms with Crippen LogP contribution in [0.1, 0.15) is 65.4 Å². The van der Waals surface area contributed by atoms with Gasteiger partial charge in [-0.2, -0.15) is 0 Å². The van der Waals surface area contributed by atoms with Gasteiger partial charge in [-0.3, -0.25) is 9.59 Å². The fourth-order valence-electron chi connectivity index (χ4n) is 2.87. The summed E-state index contributed by atoms with van der Waals surface area (Å²) < 4.78 is 0. The van der Waals surface area contributed by atoms with E-state index in [0.29, 0.717) is 30.8 Å². The number of nitrogens with one attached hydrogen (secondary N) is 1. The molecule has 0 unspecified atom stereocenters. The molecule has 0 fully saturated rings. The maximum absolute atomic E-state index is 12.2. The Morgan fingerprint density at radius 3 is 2.15 bits per heavy atom. The first-order valence-corrected chi connectivity index (χ1v) is 9.98. The molecule has 0 spiro atoms. The average molecular weight is 381 g/mol. The van der Waals surface area contributed by atoms with Crippen LogP contribution in [0.2, 0.25) is 5.02 Å². The van der Waals surface area contributed by atoms with Crippen LogP contribution in [0, 0.1) is 0 Å². The van der Waals surface area contributed by atoms with Crippen LogP contribution >= 0.6 is 11.6 Å². The molecule has 0 saturated carbocycles. The molecule has 0 radical (unpaired) electrons. The monoisotopic (exact) mass is 380 g/mol. The number of rotatable bonds is 11. The van der Waals surface area contributed by atoms with Gasteiger partial charge in [-0.05, 0) is 37.0 Å². The topological polar surface area (TPSA) is 49.4 Å². The van der Waals surface area contributed by atoms with Gasteiger partial charge in [0.05, 0.1) is 0 Å². The normalized spacial score (nSPS) is 11.3. The van der Waals surface area contributed by atoms with Gasteiger partial charge in [0.2, 0.25) is 11.8 Å². The van der Waals surface area contributed by atoms with Crippen molar-refractivity contribution < 1.29 is 9.59 Å². The zero-order valence-corrected chi connectivity index (χ0v) is 17.4. The number of amides is 2. The standard InChI is InChI=1S/C21H33ClN2O2/c1-5-14-24(15-6-2)20(26)9-7-8-19(25)23-16-21(3,4)17-10-12-18(22)13-11-17/h10-13H,5-9,14-16H2,1-4H3,(H,23,25). The molecule has 0 aromatic heterocycles. The molecule has 1 aromatic carbocycles. The summed E-state index contributed by atoms with van der Waals surface area (Å²) >= 11 is 5.93. The molecule has 0 bridgehead atoms. The zero-order valence-electron chi connectivity index (χ0n) is 16.6. The van der Waals surface area contributed by atoms with E-state index in [1.807, 2.05) is 29.2 Å². The number of halogens is 1. The predicted octanol–water partition coefficient (Wildman–Crippen LogP) is 4.55. The molecule has 0 heterocycles. The third kappa shape index (κ3) is 7.77. The van der Waals surface area contributed by atoms with Gasteiger partial charge in [-0.15, -0.1) is 0 Å². The molecule has 0 atom stereocenters. The third-order valence-corrected chi connectivity index (χ3v) is 4.74. The minimum atomic E-state index is -0.172. The first-order chi connectivity index (χ1) is 12.3. The van der Waals surface area contributed by atoms with Gasteiger partial charge < -0.3 is 10.2 Å². The highest BCUT2D eigenvalue weighted by molar-refractivity contribution is 6.30. The SMILES string of the molecule is CCCN(CCC)C(=O)CCCC(=O)NCC(C)(C)c1ccc(Cl)cc1. The van der Waals surface area contributed by atoms with Crippen molar-refractivity contribution >= 4 is 23.4 Å². The largest absolute Gasteiger partial charge is 0.355 e. The van der Waals surface area contributed by atoms with Crippen molar-refractivity contribution in [3.8, 4) is 0 Å². The molecule has 2 amide bonds. The maximum atomic E-state index is 12.2. The smallest absolute Gasteiger partial charge is 0.222 e. The molecule has 0 aliphatic rings. The Bertz CT molecular complexity index is 564. The second-order valence-electron chi connectivity index (χ2n) is 7.40. The van der Waals surface area contributed by atoms with Crippen LogP contribution in [0.3, 0.4) is 0 Å². The van der Waals surface area contributed by atoms with E-state index in [2.05, 4.69) is 33.0 Å². The second-order valence-corrected chi connectivity index (χ2v) is 7.84. The Labute approximate surface area is 163 Å². The second kappa shape index (κ2) is 11.2. The summed E-state index contributed by atoms with van der Waals surface area (Å²) in [6.07, 6.45) is 3.34. The Morgan fingerprint density at radius 1 is 1.04 bits per heavy atom. The van der Waals surface area contributed by atoms with Crippen molar-refractivity contribution in [2.24, 2.45) is 0 Å². The van der Waals surface area contributed by atoms with Gasteiger partial charge in [0.15, 0.2) is 0 Å². The molecule has 1 rings (SSSR count). The molecule has 0 aliphatic carbocycles. The molecule has 4 nitrogen and oxygen atoms in total. The van der Waals surface area contributed by atoms with Crippen LogP contribution in [0.15, 0.2) is 24.3 Å². The van der Waals surface area contributed by atoms with E-state index < -0.39 is 0 Å². The lowest BCUT2D eigenvalue weighted by atomic mass is 9.84. The van der Waals surface area contributed by atoms with E-state index in [-0.39, 0.29) is 17.2 Å². The van der Waals surface area contributed by atoms with E-state index in [1.165, 1.54) is 0 Å². The predicted molar refractivity (Wildman–Crippen MR) is 109 cm³/mol. The number of hydrogen-bond donors (Lipinski definition) is 1. The summed E-state index contributed by atoms with van der Waals surface area (Å²) in [6.45, 7) is 10.5. The zero-order chi connectivity index (χ0) is 19.6. The van der Waals surface area contributed by atoms with Crippen LogP contribution in [-0.4, -0.2) is 36.3 Å². The molecular formula is C21H33ClN2O2. The average Bonchev–Trinajstić information content (AvgIpc) is 2.60.